The maximum absolute atomic E-state index is 6.60. The van der Waals surface area contributed by atoms with Crippen LogP contribution in [0.4, 0.5) is 5.82 Å². The molecule has 0 aliphatic rings. The lowest BCUT2D eigenvalue weighted by Crippen LogP contribution is -2.17. The summed E-state index contributed by atoms with van der Waals surface area (Å²) >= 11 is 0. The van der Waals surface area contributed by atoms with Crippen molar-refractivity contribution in [2.45, 2.75) is 26.4 Å². The van der Waals surface area contributed by atoms with Gasteiger partial charge >= 0.3 is 0 Å². The van der Waals surface area contributed by atoms with Crippen molar-refractivity contribution in [3.63, 3.8) is 0 Å². The first-order valence-electron chi connectivity index (χ1n) is 10.9. The molecule has 0 aliphatic heterocycles. The zero-order valence-corrected chi connectivity index (χ0v) is 19.3. The Bertz CT molecular complexity index is 1200. The normalized spacial score (nSPS) is 12.2. The van der Waals surface area contributed by atoms with Crippen LogP contribution in [0.1, 0.15) is 29.5 Å². The molecule has 32 heavy (non-hydrogen) atoms. The van der Waals surface area contributed by atoms with Crippen LogP contribution in [-0.2, 0) is 0 Å². The molecule has 0 amide bonds. The third kappa shape index (κ3) is 4.16. The molecule has 0 radical (unpaired) electrons. The van der Waals surface area contributed by atoms with Crippen molar-refractivity contribution in [3.05, 3.63) is 71.5 Å². The van der Waals surface area contributed by atoms with Gasteiger partial charge in [0, 0.05) is 20.5 Å². The quantitative estimate of drug-likeness (QED) is 0.451. The van der Waals surface area contributed by atoms with Crippen LogP contribution in [0.3, 0.4) is 0 Å². The molecule has 7 nitrogen and oxygen atoms in total. The second kappa shape index (κ2) is 9.36. The molecule has 0 fully saturated rings. The van der Waals surface area contributed by atoms with Crippen LogP contribution < -0.4 is 15.0 Å². The summed E-state index contributed by atoms with van der Waals surface area (Å²) in [6.07, 6.45) is 0.782. The largest absolute Gasteiger partial charge is 0.483 e. The molecule has 0 saturated heterocycles. The highest BCUT2D eigenvalue weighted by molar-refractivity contribution is 5.92. The van der Waals surface area contributed by atoms with E-state index in [1.807, 2.05) is 80.1 Å². The van der Waals surface area contributed by atoms with Crippen LogP contribution in [0.5, 0.6) is 5.75 Å². The number of nitrogens with one attached hydrogen (secondary N) is 1. The van der Waals surface area contributed by atoms with Crippen LogP contribution in [0, 0.1) is 13.8 Å². The second-order valence-corrected chi connectivity index (χ2v) is 8.10. The third-order valence-electron chi connectivity index (χ3n) is 5.60. The van der Waals surface area contributed by atoms with Crippen LogP contribution in [0.2, 0.25) is 0 Å². The van der Waals surface area contributed by atoms with E-state index < -0.39 is 0 Å². The SMILES string of the molecule is CNCC[C@@H](Oc1ccccc1-n1nc2c(N(C)C)nnc(C)c2c1C)c1ccccc1. The summed E-state index contributed by atoms with van der Waals surface area (Å²) in [6.45, 7) is 4.89. The molecule has 0 spiro atoms. The Morgan fingerprint density at radius 1 is 1.00 bits per heavy atom. The smallest absolute Gasteiger partial charge is 0.179 e. The number of aryl methyl sites for hydroxylation is 2. The van der Waals surface area contributed by atoms with Crippen molar-refractivity contribution < 1.29 is 4.74 Å². The van der Waals surface area contributed by atoms with Gasteiger partial charge in [-0.2, -0.15) is 10.2 Å². The second-order valence-electron chi connectivity index (χ2n) is 8.10. The molecular formula is C25H30N6O. The average Bonchev–Trinajstić information content (AvgIpc) is 3.15. The summed E-state index contributed by atoms with van der Waals surface area (Å²) in [5.41, 5.74) is 4.77. The van der Waals surface area contributed by atoms with Gasteiger partial charge in [-0.15, -0.1) is 5.10 Å². The fraction of sp³-hybridized carbons (Fsp3) is 0.320. The summed E-state index contributed by atoms with van der Waals surface area (Å²) in [4.78, 5) is 1.94. The highest BCUT2D eigenvalue weighted by Gasteiger charge is 2.21. The first kappa shape index (κ1) is 21.8. The molecule has 1 N–H and O–H groups in total. The zero-order valence-electron chi connectivity index (χ0n) is 19.3. The van der Waals surface area contributed by atoms with Gasteiger partial charge in [-0.05, 0) is 45.1 Å². The Labute approximate surface area is 189 Å². The van der Waals surface area contributed by atoms with Gasteiger partial charge in [0.2, 0.25) is 0 Å². The fourth-order valence-electron chi connectivity index (χ4n) is 3.97. The molecule has 0 unspecified atom stereocenters. The Hall–Kier alpha value is -3.45. The van der Waals surface area contributed by atoms with Gasteiger partial charge in [-0.3, -0.25) is 0 Å². The Balaban J connectivity index is 1.80. The lowest BCUT2D eigenvalue weighted by atomic mass is 10.1. The van der Waals surface area contributed by atoms with Crippen LogP contribution in [0.15, 0.2) is 54.6 Å². The molecule has 0 aliphatic carbocycles. The van der Waals surface area contributed by atoms with E-state index in [1.165, 1.54) is 0 Å². The molecule has 2 heterocycles. The van der Waals surface area contributed by atoms with Gasteiger partial charge in [0.05, 0.1) is 16.8 Å². The first-order chi connectivity index (χ1) is 15.5. The van der Waals surface area contributed by atoms with Crippen molar-refractivity contribution in [2.24, 2.45) is 0 Å². The van der Waals surface area contributed by atoms with Gasteiger partial charge in [0.15, 0.2) is 5.82 Å². The van der Waals surface area contributed by atoms with E-state index in [4.69, 9.17) is 9.84 Å². The number of ether oxygens (including phenoxy) is 1. The number of anilines is 1. The summed E-state index contributed by atoms with van der Waals surface area (Å²) in [5.74, 6) is 1.54. The summed E-state index contributed by atoms with van der Waals surface area (Å²) in [7, 11) is 5.87. The highest BCUT2D eigenvalue weighted by Crippen LogP contribution is 2.33. The summed E-state index contributed by atoms with van der Waals surface area (Å²) in [6, 6.07) is 18.4. The van der Waals surface area contributed by atoms with E-state index in [0.717, 1.165) is 58.1 Å². The zero-order chi connectivity index (χ0) is 22.7. The Kier molecular flexibility index (Phi) is 6.37. The van der Waals surface area contributed by atoms with Gasteiger partial charge in [-0.25, -0.2) is 4.68 Å². The lowest BCUT2D eigenvalue weighted by Gasteiger charge is -2.22. The van der Waals surface area contributed by atoms with Crippen molar-refractivity contribution in [2.75, 3.05) is 32.6 Å². The van der Waals surface area contributed by atoms with Crippen LogP contribution in [-0.4, -0.2) is 47.7 Å². The molecule has 4 aromatic rings. The van der Waals surface area contributed by atoms with Gasteiger partial charge in [-0.1, -0.05) is 42.5 Å². The standard InChI is InChI=1S/C25H30N6O/c1-17-23-18(2)31(29-24(23)25(28-27-17)30(4)5)20-13-9-10-14-22(20)32-21(15-16-26-3)19-11-7-6-8-12-19/h6-14,21,26H,15-16H2,1-5H3/t21-/m1/s1. The van der Waals surface area contributed by atoms with Gasteiger partial charge < -0.3 is 15.0 Å². The monoisotopic (exact) mass is 430 g/mol. The van der Waals surface area contributed by atoms with Gasteiger partial charge in [0.25, 0.3) is 0 Å². The Morgan fingerprint density at radius 3 is 2.44 bits per heavy atom. The minimum Gasteiger partial charge on any atom is -0.483 e. The molecule has 4 rings (SSSR count). The Morgan fingerprint density at radius 2 is 1.72 bits per heavy atom. The summed E-state index contributed by atoms with van der Waals surface area (Å²) in [5, 5.41) is 17.9. The van der Waals surface area contributed by atoms with E-state index in [1.54, 1.807) is 0 Å². The number of para-hydroxylation sites is 2. The number of fused-ring (bicyclic) bond motifs is 1. The third-order valence-corrected chi connectivity index (χ3v) is 5.60. The molecule has 2 aromatic carbocycles. The predicted molar refractivity (Wildman–Crippen MR) is 129 cm³/mol. The number of benzene rings is 2. The van der Waals surface area contributed by atoms with Crippen molar-refractivity contribution in [1.82, 2.24) is 25.3 Å². The number of hydrogen-bond donors (Lipinski definition) is 1. The molecular weight excluding hydrogens is 400 g/mol. The van der Waals surface area contributed by atoms with Crippen molar-refractivity contribution in [3.8, 4) is 11.4 Å². The minimum absolute atomic E-state index is 0.0718. The van der Waals surface area contributed by atoms with Gasteiger partial charge in [0.1, 0.15) is 23.1 Å². The van der Waals surface area contributed by atoms with E-state index in [9.17, 15) is 0 Å². The molecule has 166 valence electrons. The number of rotatable bonds is 8. The lowest BCUT2D eigenvalue weighted by molar-refractivity contribution is 0.194. The number of aromatic nitrogens is 4. The minimum atomic E-state index is -0.0718. The molecule has 0 saturated carbocycles. The highest BCUT2D eigenvalue weighted by atomic mass is 16.5. The average molecular weight is 431 g/mol. The number of nitrogens with zero attached hydrogens (tertiary/aromatic N) is 5. The van der Waals surface area contributed by atoms with Crippen molar-refractivity contribution >= 4 is 16.7 Å². The summed E-state index contributed by atoms with van der Waals surface area (Å²) < 4.78 is 8.55. The maximum Gasteiger partial charge on any atom is 0.179 e. The topological polar surface area (TPSA) is 68.1 Å². The van der Waals surface area contributed by atoms with Crippen molar-refractivity contribution in [1.29, 1.82) is 0 Å². The maximum atomic E-state index is 6.60. The van der Waals surface area contributed by atoms with Crippen LogP contribution in [0.25, 0.3) is 16.6 Å². The predicted octanol–water partition coefficient (Wildman–Crippen LogP) is 4.23. The van der Waals surface area contributed by atoms with Crippen LogP contribution >= 0.6 is 0 Å². The van der Waals surface area contributed by atoms with E-state index in [2.05, 4.69) is 34.6 Å². The molecule has 1 atom stereocenters. The van der Waals surface area contributed by atoms with E-state index in [-0.39, 0.29) is 6.10 Å². The number of hydrogen-bond acceptors (Lipinski definition) is 6. The van der Waals surface area contributed by atoms with E-state index in [0.29, 0.717) is 0 Å². The molecule has 2 aromatic heterocycles. The molecule has 7 heteroatoms. The van der Waals surface area contributed by atoms with E-state index >= 15 is 0 Å². The molecule has 0 bridgehead atoms. The first-order valence-corrected chi connectivity index (χ1v) is 10.9. The fourth-order valence-corrected chi connectivity index (χ4v) is 3.97.